The van der Waals surface area contributed by atoms with E-state index in [1.165, 1.54) is 6.33 Å². The Morgan fingerprint density at radius 2 is 2.22 bits per heavy atom. The van der Waals surface area contributed by atoms with Crippen molar-refractivity contribution in [3.8, 4) is 0 Å². The van der Waals surface area contributed by atoms with E-state index in [1.54, 1.807) is 17.9 Å². The quantitative estimate of drug-likeness (QED) is 0.835. The van der Waals surface area contributed by atoms with Gasteiger partial charge in [0.2, 0.25) is 0 Å². The average molecular weight is 249 g/mol. The molecule has 1 aliphatic rings. The second-order valence-electron chi connectivity index (χ2n) is 4.47. The molecule has 1 aromatic heterocycles. The molecule has 0 saturated carbocycles. The van der Waals surface area contributed by atoms with Crippen molar-refractivity contribution in [1.29, 1.82) is 0 Å². The summed E-state index contributed by atoms with van der Waals surface area (Å²) in [6.45, 7) is 2.64. The maximum Gasteiger partial charge on any atom is 0.308 e. The SMILES string of the molecule is Cc1cc(C(=O)N2CCCC(C(=O)O)C2)ncn1. The second-order valence-corrected chi connectivity index (χ2v) is 4.47. The number of carboxylic acids is 1. The lowest BCUT2D eigenvalue weighted by molar-refractivity contribution is -0.143. The number of carbonyl (C=O) groups excluding carboxylic acids is 1. The highest BCUT2D eigenvalue weighted by molar-refractivity contribution is 5.92. The van der Waals surface area contributed by atoms with Crippen molar-refractivity contribution in [3.63, 3.8) is 0 Å². The van der Waals surface area contributed by atoms with E-state index in [0.29, 0.717) is 25.1 Å². The van der Waals surface area contributed by atoms with Gasteiger partial charge >= 0.3 is 5.97 Å². The fourth-order valence-electron chi connectivity index (χ4n) is 2.10. The van der Waals surface area contributed by atoms with Crippen molar-refractivity contribution in [2.24, 2.45) is 5.92 Å². The zero-order valence-corrected chi connectivity index (χ0v) is 10.2. The largest absolute Gasteiger partial charge is 0.481 e. The minimum absolute atomic E-state index is 0.216. The van der Waals surface area contributed by atoms with Crippen LogP contribution in [0.5, 0.6) is 0 Å². The Kier molecular flexibility index (Phi) is 3.55. The molecule has 1 aromatic rings. The molecule has 0 aromatic carbocycles. The molecular formula is C12H15N3O3. The normalized spacial score (nSPS) is 19.6. The summed E-state index contributed by atoms with van der Waals surface area (Å²) in [5, 5.41) is 8.99. The number of amides is 1. The van der Waals surface area contributed by atoms with Crippen molar-refractivity contribution in [2.45, 2.75) is 19.8 Å². The highest BCUT2D eigenvalue weighted by Crippen LogP contribution is 2.18. The maximum atomic E-state index is 12.2. The highest BCUT2D eigenvalue weighted by Gasteiger charge is 2.29. The van der Waals surface area contributed by atoms with Crippen LogP contribution < -0.4 is 0 Å². The van der Waals surface area contributed by atoms with E-state index in [2.05, 4.69) is 9.97 Å². The first-order chi connectivity index (χ1) is 8.58. The molecule has 1 N–H and O–H groups in total. The van der Waals surface area contributed by atoms with Gasteiger partial charge in [-0.15, -0.1) is 0 Å². The number of aliphatic carboxylic acids is 1. The molecule has 6 nitrogen and oxygen atoms in total. The van der Waals surface area contributed by atoms with Crippen molar-refractivity contribution in [1.82, 2.24) is 14.9 Å². The van der Waals surface area contributed by atoms with Gasteiger partial charge in [-0.3, -0.25) is 9.59 Å². The van der Waals surface area contributed by atoms with Crippen LogP contribution in [-0.4, -0.2) is 44.9 Å². The van der Waals surface area contributed by atoms with Crippen molar-refractivity contribution < 1.29 is 14.7 Å². The smallest absolute Gasteiger partial charge is 0.308 e. The number of hydrogen-bond donors (Lipinski definition) is 1. The van der Waals surface area contributed by atoms with E-state index in [1.807, 2.05) is 0 Å². The topological polar surface area (TPSA) is 83.4 Å². The lowest BCUT2D eigenvalue weighted by atomic mass is 9.98. The molecule has 1 fully saturated rings. The van der Waals surface area contributed by atoms with Gasteiger partial charge in [-0.2, -0.15) is 0 Å². The fourth-order valence-corrected chi connectivity index (χ4v) is 2.10. The van der Waals surface area contributed by atoms with Gasteiger partial charge in [-0.1, -0.05) is 0 Å². The van der Waals surface area contributed by atoms with E-state index in [-0.39, 0.29) is 12.5 Å². The van der Waals surface area contributed by atoms with E-state index < -0.39 is 11.9 Å². The molecule has 18 heavy (non-hydrogen) atoms. The molecule has 1 amide bonds. The summed E-state index contributed by atoms with van der Waals surface area (Å²) >= 11 is 0. The Bertz CT molecular complexity index is 475. The molecular weight excluding hydrogens is 234 g/mol. The zero-order chi connectivity index (χ0) is 13.1. The Hall–Kier alpha value is -1.98. The summed E-state index contributed by atoms with van der Waals surface area (Å²) < 4.78 is 0. The standard InChI is InChI=1S/C12H15N3O3/c1-8-5-10(14-7-13-8)11(16)15-4-2-3-9(6-15)12(17)18/h5,7,9H,2-4,6H2,1H3,(H,17,18). The van der Waals surface area contributed by atoms with Gasteiger partial charge in [0.25, 0.3) is 5.91 Å². The molecule has 6 heteroatoms. The number of piperidine rings is 1. The zero-order valence-electron chi connectivity index (χ0n) is 10.2. The van der Waals surface area contributed by atoms with Gasteiger partial charge in [-0.05, 0) is 25.8 Å². The van der Waals surface area contributed by atoms with Gasteiger partial charge < -0.3 is 10.0 Å². The summed E-state index contributed by atoms with van der Waals surface area (Å²) in [6.07, 6.45) is 2.69. The van der Waals surface area contributed by atoms with E-state index in [4.69, 9.17) is 5.11 Å². The van der Waals surface area contributed by atoms with Gasteiger partial charge in [0.15, 0.2) is 0 Å². The summed E-state index contributed by atoms with van der Waals surface area (Å²) in [6, 6.07) is 1.62. The molecule has 0 spiro atoms. The van der Waals surface area contributed by atoms with Gasteiger partial charge in [-0.25, -0.2) is 9.97 Å². The van der Waals surface area contributed by atoms with Crippen LogP contribution >= 0.6 is 0 Å². The summed E-state index contributed by atoms with van der Waals surface area (Å²) in [5.74, 6) is -1.52. The minimum atomic E-state index is -0.841. The number of aryl methyl sites for hydroxylation is 1. The first-order valence-electron chi connectivity index (χ1n) is 5.88. The number of carbonyl (C=O) groups is 2. The van der Waals surface area contributed by atoms with Gasteiger partial charge in [0.1, 0.15) is 12.0 Å². The lowest BCUT2D eigenvalue weighted by Gasteiger charge is -2.30. The Labute approximate surface area is 105 Å². The molecule has 0 radical (unpaired) electrons. The average Bonchev–Trinajstić information content (AvgIpc) is 2.38. The molecule has 1 saturated heterocycles. The third kappa shape index (κ3) is 2.64. The van der Waals surface area contributed by atoms with Gasteiger partial charge in [0, 0.05) is 18.8 Å². The summed E-state index contributed by atoms with van der Waals surface area (Å²) in [5.41, 5.74) is 1.05. The van der Waals surface area contributed by atoms with E-state index in [9.17, 15) is 9.59 Å². The Morgan fingerprint density at radius 1 is 1.44 bits per heavy atom. The number of rotatable bonds is 2. The Morgan fingerprint density at radius 3 is 2.89 bits per heavy atom. The van der Waals surface area contributed by atoms with Crippen molar-refractivity contribution in [3.05, 3.63) is 23.8 Å². The fraction of sp³-hybridized carbons (Fsp3) is 0.500. The second kappa shape index (κ2) is 5.12. The predicted octanol–water partition coefficient (Wildman–Crippen LogP) is 0.722. The summed E-state index contributed by atoms with van der Waals surface area (Å²) in [4.78, 5) is 32.5. The number of nitrogens with zero attached hydrogens (tertiary/aromatic N) is 3. The van der Waals surface area contributed by atoms with Crippen molar-refractivity contribution in [2.75, 3.05) is 13.1 Å². The number of carboxylic acid groups (broad SMARTS) is 1. The van der Waals surface area contributed by atoms with Crippen LogP contribution in [0.4, 0.5) is 0 Å². The van der Waals surface area contributed by atoms with Crippen molar-refractivity contribution >= 4 is 11.9 Å². The molecule has 2 heterocycles. The first kappa shape index (κ1) is 12.5. The number of aromatic nitrogens is 2. The minimum Gasteiger partial charge on any atom is -0.481 e. The number of hydrogen-bond acceptors (Lipinski definition) is 4. The van der Waals surface area contributed by atoms with E-state index in [0.717, 1.165) is 5.69 Å². The predicted molar refractivity (Wildman–Crippen MR) is 63.0 cm³/mol. The van der Waals surface area contributed by atoms with Crippen LogP contribution in [0.25, 0.3) is 0 Å². The van der Waals surface area contributed by atoms with Crippen LogP contribution in [-0.2, 0) is 4.79 Å². The lowest BCUT2D eigenvalue weighted by Crippen LogP contribution is -2.42. The Balaban J connectivity index is 2.11. The molecule has 1 atom stereocenters. The third-order valence-corrected chi connectivity index (χ3v) is 3.08. The van der Waals surface area contributed by atoms with Gasteiger partial charge in [0.05, 0.1) is 5.92 Å². The number of likely N-dealkylation sites (tertiary alicyclic amines) is 1. The van der Waals surface area contributed by atoms with Crippen LogP contribution in [0.15, 0.2) is 12.4 Å². The maximum absolute atomic E-state index is 12.2. The van der Waals surface area contributed by atoms with Crippen LogP contribution in [0.1, 0.15) is 29.0 Å². The first-order valence-corrected chi connectivity index (χ1v) is 5.88. The highest BCUT2D eigenvalue weighted by atomic mass is 16.4. The molecule has 1 unspecified atom stereocenters. The summed E-state index contributed by atoms with van der Waals surface area (Å²) in [7, 11) is 0. The molecule has 96 valence electrons. The van der Waals surface area contributed by atoms with Crippen LogP contribution in [0, 0.1) is 12.8 Å². The monoisotopic (exact) mass is 249 g/mol. The van der Waals surface area contributed by atoms with Crippen LogP contribution in [0.3, 0.4) is 0 Å². The third-order valence-electron chi connectivity index (χ3n) is 3.08. The molecule has 1 aliphatic heterocycles. The molecule has 0 aliphatic carbocycles. The van der Waals surface area contributed by atoms with E-state index >= 15 is 0 Å². The van der Waals surface area contributed by atoms with Crippen LogP contribution in [0.2, 0.25) is 0 Å². The molecule has 0 bridgehead atoms. The molecule has 2 rings (SSSR count).